The molecule has 96 valence electrons. The number of hydrogen-bond donors (Lipinski definition) is 1. The van der Waals surface area contributed by atoms with Gasteiger partial charge in [0.2, 0.25) is 0 Å². The van der Waals surface area contributed by atoms with Crippen LogP contribution in [0, 0.1) is 0 Å². The molecule has 0 radical (unpaired) electrons. The fourth-order valence-corrected chi connectivity index (χ4v) is 2.42. The van der Waals surface area contributed by atoms with Gasteiger partial charge in [0.15, 0.2) is 0 Å². The predicted octanol–water partition coefficient (Wildman–Crippen LogP) is 4.02. The van der Waals surface area contributed by atoms with E-state index in [-0.39, 0.29) is 0 Å². The highest BCUT2D eigenvalue weighted by Gasteiger charge is 2.14. The summed E-state index contributed by atoms with van der Waals surface area (Å²) in [6, 6.07) is 6.28. The molecule has 0 aliphatic carbocycles. The molecule has 0 spiro atoms. The maximum atomic E-state index is 9.51. The third kappa shape index (κ3) is 3.36. The van der Waals surface area contributed by atoms with Crippen molar-refractivity contribution in [3.63, 3.8) is 0 Å². The lowest BCUT2D eigenvalue weighted by atomic mass is 10.1. The molecule has 1 aromatic carbocycles. The van der Waals surface area contributed by atoms with Gasteiger partial charge in [0.25, 0.3) is 0 Å². The van der Waals surface area contributed by atoms with Gasteiger partial charge in [0.1, 0.15) is 0 Å². The third-order valence-electron chi connectivity index (χ3n) is 3.32. The number of anilines is 1. The van der Waals surface area contributed by atoms with Crippen molar-refractivity contribution in [2.75, 3.05) is 11.9 Å². The topological polar surface area (TPSA) is 23.5 Å². The maximum Gasteiger partial charge on any atom is 0.0762 e. The Kier molecular flexibility index (Phi) is 5.29. The van der Waals surface area contributed by atoms with E-state index in [4.69, 9.17) is 11.6 Å². The molecule has 0 fully saturated rings. The normalized spacial score (nSPS) is 12.9. The highest BCUT2D eigenvalue weighted by atomic mass is 35.5. The molecule has 0 heterocycles. The molecule has 0 saturated carbocycles. The number of hydrogen-bond acceptors (Lipinski definition) is 2. The first kappa shape index (κ1) is 14.3. The molecule has 0 aromatic heterocycles. The summed E-state index contributed by atoms with van der Waals surface area (Å²) in [4.78, 5) is 2.22. The van der Waals surface area contributed by atoms with E-state index in [1.54, 1.807) is 6.92 Å². The summed E-state index contributed by atoms with van der Waals surface area (Å²) in [6.45, 7) is 6.11. The second-order valence-electron chi connectivity index (χ2n) is 4.47. The molecule has 1 rings (SSSR count). The average Bonchev–Trinajstić information content (AvgIpc) is 2.30. The minimum atomic E-state index is -0.472. The molecule has 0 bridgehead atoms. The van der Waals surface area contributed by atoms with Crippen LogP contribution in [0.15, 0.2) is 18.2 Å². The van der Waals surface area contributed by atoms with Gasteiger partial charge < -0.3 is 10.0 Å². The summed E-state index contributed by atoms with van der Waals surface area (Å²) in [6.07, 6.45) is 1.73. The number of rotatable bonds is 5. The largest absolute Gasteiger partial charge is 0.389 e. The van der Waals surface area contributed by atoms with Gasteiger partial charge in [-0.15, -0.1) is 0 Å². The Balaban J connectivity index is 2.99. The third-order valence-corrected chi connectivity index (χ3v) is 3.63. The second-order valence-corrected chi connectivity index (χ2v) is 4.88. The van der Waals surface area contributed by atoms with Crippen LogP contribution < -0.4 is 4.90 Å². The van der Waals surface area contributed by atoms with Gasteiger partial charge in [-0.3, -0.25) is 0 Å². The smallest absolute Gasteiger partial charge is 0.0762 e. The molecule has 0 saturated heterocycles. The van der Waals surface area contributed by atoms with Gasteiger partial charge in [-0.25, -0.2) is 0 Å². The average molecular weight is 256 g/mol. The van der Waals surface area contributed by atoms with Crippen molar-refractivity contribution in [2.24, 2.45) is 0 Å². The Bertz CT molecular complexity index is 361. The first-order valence-electron chi connectivity index (χ1n) is 6.21. The summed E-state index contributed by atoms with van der Waals surface area (Å²) < 4.78 is 0. The number of halogens is 1. The molecule has 1 aromatic rings. The maximum absolute atomic E-state index is 9.51. The Morgan fingerprint density at radius 1 is 1.29 bits per heavy atom. The van der Waals surface area contributed by atoms with E-state index in [0.29, 0.717) is 11.1 Å². The van der Waals surface area contributed by atoms with Crippen molar-refractivity contribution >= 4 is 17.3 Å². The van der Waals surface area contributed by atoms with Crippen molar-refractivity contribution in [3.8, 4) is 0 Å². The monoisotopic (exact) mass is 255 g/mol. The fourth-order valence-electron chi connectivity index (χ4n) is 2.10. The van der Waals surface area contributed by atoms with Crippen LogP contribution in [0.25, 0.3) is 0 Å². The summed E-state index contributed by atoms with van der Waals surface area (Å²) >= 11 is 6.27. The van der Waals surface area contributed by atoms with Gasteiger partial charge in [0, 0.05) is 13.1 Å². The first-order chi connectivity index (χ1) is 8.01. The van der Waals surface area contributed by atoms with E-state index in [1.807, 2.05) is 18.2 Å². The molecule has 0 unspecified atom stereocenters. The molecule has 0 aliphatic heterocycles. The molecule has 0 aliphatic rings. The van der Waals surface area contributed by atoms with Crippen LogP contribution in [0.5, 0.6) is 0 Å². The SMILES string of the molecule is CCC(CC)N(C)c1ccc([C@H](C)O)cc1Cl. The highest BCUT2D eigenvalue weighted by Crippen LogP contribution is 2.30. The zero-order valence-electron chi connectivity index (χ0n) is 11.1. The highest BCUT2D eigenvalue weighted by molar-refractivity contribution is 6.33. The molecule has 3 heteroatoms. The Hall–Kier alpha value is -0.730. The van der Waals surface area contributed by atoms with E-state index in [1.165, 1.54) is 0 Å². The standard InChI is InChI=1S/C14H22ClNO/c1-5-12(6-2)16(4)14-8-7-11(10(3)17)9-13(14)15/h7-10,12,17H,5-6H2,1-4H3/t10-/m0/s1. The summed E-state index contributed by atoms with van der Waals surface area (Å²) in [5.74, 6) is 0. The zero-order valence-corrected chi connectivity index (χ0v) is 11.8. The van der Waals surface area contributed by atoms with Gasteiger partial charge in [-0.05, 0) is 37.5 Å². The minimum absolute atomic E-state index is 0.472. The fraction of sp³-hybridized carbons (Fsp3) is 0.571. The summed E-state index contributed by atoms with van der Waals surface area (Å²) in [5.41, 5.74) is 1.89. The second kappa shape index (κ2) is 6.27. The molecule has 1 atom stereocenters. The molecule has 0 amide bonds. The van der Waals surface area contributed by atoms with Crippen LogP contribution in [-0.4, -0.2) is 18.2 Å². The number of aliphatic hydroxyl groups excluding tert-OH is 1. The molecule has 17 heavy (non-hydrogen) atoms. The Labute approximate surface area is 109 Å². The van der Waals surface area contributed by atoms with Crippen LogP contribution in [0.3, 0.4) is 0 Å². The molecule has 2 nitrogen and oxygen atoms in total. The van der Waals surface area contributed by atoms with Crippen LogP contribution in [0.1, 0.15) is 45.3 Å². The number of nitrogens with zero attached hydrogens (tertiary/aromatic N) is 1. The lowest BCUT2D eigenvalue weighted by Crippen LogP contribution is -2.30. The van der Waals surface area contributed by atoms with Crippen molar-refractivity contribution in [1.29, 1.82) is 0 Å². The molecular formula is C14H22ClNO. The van der Waals surface area contributed by atoms with Gasteiger partial charge in [-0.1, -0.05) is 31.5 Å². The minimum Gasteiger partial charge on any atom is -0.389 e. The van der Waals surface area contributed by atoms with E-state index < -0.39 is 6.10 Å². The van der Waals surface area contributed by atoms with Crippen LogP contribution >= 0.6 is 11.6 Å². The van der Waals surface area contributed by atoms with Gasteiger partial charge in [-0.2, -0.15) is 0 Å². The Morgan fingerprint density at radius 3 is 2.29 bits per heavy atom. The summed E-state index contributed by atoms with van der Waals surface area (Å²) in [5, 5.41) is 10.2. The van der Waals surface area contributed by atoms with E-state index in [0.717, 1.165) is 24.1 Å². The van der Waals surface area contributed by atoms with Crippen LogP contribution in [0.2, 0.25) is 5.02 Å². The van der Waals surface area contributed by atoms with Gasteiger partial charge in [0.05, 0.1) is 16.8 Å². The van der Waals surface area contributed by atoms with Crippen LogP contribution in [0.4, 0.5) is 5.69 Å². The lowest BCUT2D eigenvalue weighted by molar-refractivity contribution is 0.199. The van der Waals surface area contributed by atoms with E-state index >= 15 is 0 Å². The predicted molar refractivity (Wildman–Crippen MR) is 74.9 cm³/mol. The van der Waals surface area contributed by atoms with Gasteiger partial charge >= 0.3 is 0 Å². The van der Waals surface area contributed by atoms with Crippen molar-refractivity contribution in [1.82, 2.24) is 0 Å². The van der Waals surface area contributed by atoms with E-state index in [2.05, 4.69) is 25.8 Å². The molecular weight excluding hydrogens is 234 g/mol. The number of aliphatic hydroxyl groups is 1. The van der Waals surface area contributed by atoms with Crippen molar-refractivity contribution < 1.29 is 5.11 Å². The lowest BCUT2D eigenvalue weighted by Gasteiger charge is -2.29. The Morgan fingerprint density at radius 2 is 1.88 bits per heavy atom. The number of benzene rings is 1. The molecule has 1 N–H and O–H groups in total. The van der Waals surface area contributed by atoms with E-state index in [9.17, 15) is 5.11 Å². The van der Waals surface area contributed by atoms with Crippen molar-refractivity contribution in [2.45, 2.75) is 45.8 Å². The quantitative estimate of drug-likeness (QED) is 0.859. The van der Waals surface area contributed by atoms with Crippen LogP contribution in [-0.2, 0) is 0 Å². The van der Waals surface area contributed by atoms with Crippen molar-refractivity contribution in [3.05, 3.63) is 28.8 Å². The first-order valence-corrected chi connectivity index (χ1v) is 6.59. The zero-order chi connectivity index (χ0) is 13.0. The summed E-state index contributed by atoms with van der Waals surface area (Å²) in [7, 11) is 2.07.